The molecule has 0 aliphatic carbocycles. The number of rotatable bonds is 3. The molecule has 18 heavy (non-hydrogen) atoms. The van der Waals surface area contributed by atoms with Gasteiger partial charge >= 0.3 is 0 Å². The van der Waals surface area contributed by atoms with Crippen LogP contribution >= 0.6 is 0 Å². The highest BCUT2D eigenvalue weighted by Gasteiger charge is 2.21. The van der Waals surface area contributed by atoms with Gasteiger partial charge in [-0.1, -0.05) is 18.2 Å². The summed E-state index contributed by atoms with van der Waals surface area (Å²) in [6.45, 7) is 3.95. The zero-order chi connectivity index (χ0) is 12.5. The summed E-state index contributed by atoms with van der Waals surface area (Å²) in [4.78, 5) is 0. The first-order valence-electron chi connectivity index (χ1n) is 6.31. The van der Waals surface area contributed by atoms with E-state index < -0.39 is 0 Å². The van der Waals surface area contributed by atoms with Crippen LogP contribution in [0.3, 0.4) is 0 Å². The second kappa shape index (κ2) is 4.37. The van der Waals surface area contributed by atoms with Crippen molar-refractivity contribution in [2.45, 2.75) is 12.8 Å². The van der Waals surface area contributed by atoms with Crippen LogP contribution in [0.4, 0.5) is 11.5 Å². The molecule has 1 aromatic carbocycles. The number of fused-ring (bicyclic) bond motifs is 1. The number of hydrogen-bond donors (Lipinski definition) is 2. The number of benzene rings is 1. The molecular weight excluding hydrogens is 224 g/mol. The predicted octanol–water partition coefficient (Wildman–Crippen LogP) is 2.35. The van der Waals surface area contributed by atoms with Crippen molar-refractivity contribution in [3.05, 3.63) is 41.6 Å². The minimum Gasteiger partial charge on any atom is -0.384 e. The van der Waals surface area contributed by atoms with Crippen LogP contribution in [-0.4, -0.2) is 22.9 Å². The van der Waals surface area contributed by atoms with E-state index in [1.165, 1.54) is 11.3 Å². The Kier molecular flexibility index (Phi) is 2.70. The number of aromatic nitrogens is 2. The van der Waals surface area contributed by atoms with Crippen molar-refractivity contribution in [2.75, 3.05) is 23.7 Å². The maximum Gasteiger partial charge on any atom is 0.124 e. The van der Waals surface area contributed by atoms with Gasteiger partial charge in [-0.15, -0.1) is 0 Å². The van der Waals surface area contributed by atoms with Gasteiger partial charge in [0.05, 0.1) is 5.69 Å². The van der Waals surface area contributed by atoms with Crippen LogP contribution in [0.25, 0.3) is 0 Å². The zero-order valence-electron chi connectivity index (χ0n) is 10.8. The van der Waals surface area contributed by atoms with Gasteiger partial charge in [-0.2, -0.15) is 5.10 Å². The van der Waals surface area contributed by atoms with E-state index in [0.717, 1.165) is 24.6 Å². The van der Waals surface area contributed by atoms with E-state index >= 15 is 0 Å². The maximum absolute atomic E-state index is 4.34. The van der Waals surface area contributed by atoms with Crippen LogP contribution in [0.5, 0.6) is 0 Å². The van der Waals surface area contributed by atoms with Gasteiger partial charge in [0.2, 0.25) is 0 Å². The molecule has 0 saturated carbocycles. The standard InChI is InChI=1S/C14H18N4/c1-10-7-14(18(2)17-10)16-9-11-8-15-13-6-4-3-5-12(11)13/h3-7,11,15-16H,8-9H2,1-2H3. The molecule has 94 valence electrons. The molecule has 3 rings (SSSR count). The molecule has 2 heterocycles. The summed E-state index contributed by atoms with van der Waals surface area (Å²) in [5, 5.41) is 11.3. The van der Waals surface area contributed by atoms with Gasteiger partial charge in [0.15, 0.2) is 0 Å². The SMILES string of the molecule is Cc1cc(NCC2CNc3ccccc32)n(C)n1. The molecule has 1 unspecified atom stereocenters. The lowest BCUT2D eigenvalue weighted by atomic mass is 10.0. The third kappa shape index (κ3) is 1.94. The highest BCUT2D eigenvalue weighted by molar-refractivity contribution is 5.58. The van der Waals surface area contributed by atoms with E-state index in [1.54, 1.807) is 0 Å². The molecule has 2 N–H and O–H groups in total. The van der Waals surface area contributed by atoms with Crippen LogP contribution in [0, 0.1) is 6.92 Å². The molecule has 4 nitrogen and oxygen atoms in total. The smallest absolute Gasteiger partial charge is 0.124 e. The summed E-state index contributed by atoms with van der Waals surface area (Å²) in [5.74, 6) is 1.60. The van der Waals surface area contributed by atoms with Gasteiger partial charge in [0, 0.05) is 37.8 Å². The van der Waals surface area contributed by atoms with Crippen molar-refractivity contribution in [1.29, 1.82) is 0 Å². The molecular formula is C14H18N4. The minimum atomic E-state index is 0.524. The Balaban J connectivity index is 1.70. The zero-order valence-corrected chi connectivity index (χ0v) is 10.8. The quantitative estimate of drug-likeness (QED) is 0.868. The number of anilines is 2. The predicted molar refractivity (Wildman–Crippen MR) is 74.1 cm³/mol. The first-order chi connectivity index (χ1) is 8.74. The Morgan fingerprint density at radius 3 is 3.06 bits per heavy atom. The van der Waals surface area contributed by atoms with Crippen molar-refractivity contribution in [3.8, 4) is 0 Å². The average Bonchev–Trinajstić information content (AvgIpc) is 2.90. The second-order valence-corrected chi connectivity index (χ2v) is 4.84. The van der Waals surface area contributed by atoms with Crippen LogP contribution in [0.15, 0.2) is 30.3 Å². The van der Waals surface area contributed by atoms with Crippen LogP contribution in [-0.2, 0) is 7.05 Å². The van der Waals surface area contributed by atoms with Gasteiger partial charge in [-0.25, -0.2) is 0 Å². The lowest BCUT2D eigenvalue weighted by molar-refractivity contribution is 0.738. The summed E-state index contributed by atoms with van der Waals surface area (Å²) in [6, 6.07) is 10.6. The van der Waals surface area contributed by atoms with E-state index in [0.29, 0.717) is 5.92 Å². The summed E-state index contributed by atoms with van der Waals surface area (Å²) >= 11 is 0. The monoisotopic (exact) mass is 242 g/mol. The Labute approximate surface area is 107 Å². The molecule has 0 amide bonds. The normalized spacial score (nSPS) is 17.3. The van der Waals surface area contributed by atoms with E-state index in [9.17, 15) is 0 Å². The molecule has 1 aliphatic heterocycles. The highest BCUT2D eigenvalue weighted by Crippen LogP contribution is 2.30. The summed E-state index contributed by atoms with van der Waals surface area (Å²) < 4.78 is 1.89. The number of hydrogen-bond acceptors (Lipinski definition) is 3. The van der Waals surface area contributed by atoms with Crippen LogP contribution in [0.1, 0.15) is 17.2 Å². The first kappa shape index (κ1) is 11.1. The molecule has 2 aromatic rings. The highest BCUT2D eigenvalue weighted by atomic mass is 15.3. The van der Waals surface area contributed by atoms with Crippen LogP contribution in [0.2, 0.25) is 0 Å². The Morgan fingerprint density at radius 2 is 2.28 bits per heavy atom. The van der Waals surface area contributed by atoms with Crippen LogP contribution < -0.4 is 10.6 Å². The molecule has 1 atom stereocenters. The summed E-state index contributed by atoms with van der Waals surface area (Å²) in [6.07, 6.45) is 0. The fourth-order valence-electron chi connectivity index (χ4n) is 2.54. The Morgan fingerprint density at radius 1 is 1.44 bits per heavy atom. The molecule has 0 spiro atoms. The fraction of sp³-hybridized carbons (Fsp3) is 0.357. The second-order valence-electron chi connectivity index (χ2n) is 4.84. The van der Waals surface area contributed by atoms with Crippen molar-refractivity contribution in [3.63, 3.8) is 0 Å². The topological polar surface area (TPSA) is 41.9 Å². The molecule has 1 aliphatic rings. The third-order valence-corrected chi connectivity index (χ3v) is 3.47. The first-order valence-corrected chi connectivity index (χ1v) is 6.31. The molecule has 0 saturated heterocycles. The molecule has 0 radical (unpaired) electrons. The Bertz CT molecular complexity index is 559. The van der Waals surface area contributed by atoms with Gasteiger partial charge in [-0.3, -0.25) is 4.68 Å². The molecule has 0 fully saturated rings. The molecule has 4 heteroatoms. The molecule has 0 bridgehead atoms. The third-order valence-electron chi connectivity index (χ3n) is 3.47. The Hall–Kier alpha value is -1.97. The number of nitrogens with zero attached hydrogens (tertiary/aromatic N) is 2. The van der Waals surface area contributed by atoms with Crippen molar-refractivity contribution in [2.24, 2.45) is 7.05 Å². The summed E-state index contributed by atoms with van der Waals surface area (Å²) in [5.41, 5.74) is 3.72. The van der Waals surface area contributed by atoms with Gasteiger partial charge in [0.25, 0.3) is 0 Å². The number of nitrogens with one attached hydrogen (secondary N) is 2. The lowest BCUT2D eigenvalue weighted by Gasteiger charge is -2.12. The van der Waals surface area contributed by atoms with Crippen molar-refractivity contribution < 1.29 is 0 Å². The number of aryl methyl sites for hydroxylation is 2. The van der Waals surface area contributed by atoms with Gasteiger partial charge in [0.1, 0.15) is 5.82 Å². The maximum atomic E-state index is 4.34. The van der Waals surface area contributed by atoms with E-state index in [1.807, 2.05) is 18.7 Å². The minimum absolute atomic E-state index is 0.524. The lowest BCUT2D eigenvalue weighted by Crippen LogP contribution is -2.16. The van der Waals surface area contributed by atoms with E-state index in [4.69, 9.17) is 0 Å². The van der Waals surface area contributed by atoms with Gasteiger partial charge in [-0.05, 0) is 18.6 Å². The number of para-hydroxylation sites is 1. The molecule has 1 aromatic heterocycles. The van der Waals surface area contributed by atoms with Crippen molar-refractivity contribution in [1.82, 2.24) is 9.78 Å². The van der Waals surface area contributed by atoms with E-state index in [2.05, 4.69) is 46.1 Å². The largest absolute Gasteiger partial charge is 0.384 e. The van der Waals surface area contributed by atoms with Crippen molar-refractivity contribution >= 4 is 11.5 Å². The van der Waals surface area contributed by atoms with E-state index in [-0.39, 0.29) is 0 Å². The van der Waals surface area contributed by atoms with Gasteiger partial charge < -0.3 is 10.6 Å². The summed E-state index contributed by atoms with van der Waals surface area (Å²) in [7, 11) is 1.97. The fourth-order valence-corrected chi connectivity index (χ4v) is 2.54. The average molecular weight is 242 g/mol.